The van der Waals surface area contributed by atoms with Crippen molar-refractivity contribution in [3.8, 4) is 5.75 Å². The van der Waals surface area contributed by atoms with Gasteiger partial charge in [0, 0.05) is 38.3 Å². The van der Waals surface area contributed by atoms with E-state index in [-0.39, 0.29) is 12.5 Å². The average molecular weight is 368 g/mol. The van der Waals surface area contributed by atoms with Crippen LogP contribution in [0.3, 0.4) is 0 Å². The molecular formula is C22H28N2O3. The van der Waals surface area contributed by atoms with Crippen LogP contribution < -0.4 is 4.74 Å². The molecule has 1 N–H and O–H groups in total. The highest BCUT2D eigenvalue weighted by Gasteiger charge is 2.23. The first kappa shape index (κ1) is 19.4. The number of β-amino-alcohol motifs (C(OH)–C–C–N with tert-alkyl or cyclic N) is 1. The van der Waals surface area contributed by atoms with Gasteiger partial charge in [-0.2, -0.15) is 0 Å². The Labute approximate surface area is 161 Å². The monoisotopic (exact) mass is 368 g/mol. The maximum Gasteiger partial charge on any atom is 0.253 e. The number of hydrogen-bond acceptors (Lipinski definition) is 4. The van der Waals surface area contributed by atoms with Gasteiger partial charge in [0.1, 0.15) is 18.5 Å². The van der Waals surface area contributed by atoms with Crippen LogP contribution in [0, 0.1) is 13.8 Å². The third-order valence-corrected chi connectivity index (χ3v) is 4.98. The van der Waals surface area contributed by atoms with E-state index in [2.05, 4.69) is 4.90 Å². The van der Waals surface area contributed by atoms with Crippen molar-refractivity contribution in [3.63, 3.8) is 0 Å². The fourth-order valence-electron chi connectivity index (χ4n) is 3.45. The Morgan fingerprint density at radius 1 is 1.00 bits per heavy atom. The molecule has 1 fully saturated rings. The molecule has 0 spiro atoms. The van der Waals surface area contributed by atoms with Crippen LogP contribution in [0.2, 0.25) is 0 Å². The molecule has 1 heterocycles. The van der Waals surface area contributed by atoms with Crippen LogP contribution in [-0.2, 0) is 0 Å². The lowest BCUT2D eigenvalue weighted by Gasteiger charge is -2.35. The standard InChI is InChI=1S/C22H28N2O3/c1-17-7-6-8-18(2)21(17)27-16-20(25)15-23-11-13-24(14-12-23)22(26)19-9-4-3-5-10-19/h3-10,20,25H,11-16H2,1-2H3/t20-/m0/s1. The van der Waals surface area contributed by atoms with E-state index in [1.165, 1.54) is 0 Å². The van der Waals surface area contributed by atoms with Gasteiger partial charge in [-0.15, -0.1) is 0 Å². The van der Waals surface area contributed by atoms with E-state index in [4.69, 9.17) is 4.74 Å². The molecule has 0 bridgehead atoms. The van der Waals surface area contributed by atoms with Crippen molar-refractivity contribution in [2.75, 3.05) is 39.3 Å². The topological polar surface area (TPSA) is 53.0 Å². The highest BCUT2D eigenvalue weighted by molar-refractivity contribution is 5.94. The lowest BCUT2D eigenvalue weighted by molar-refractivity contribution is 0.0402. The number of aliphatic hydroxyl groups excluding tert-OH is 1. The van der Waals surface area contributed by atoms with Gasteiger partial charge < -0.3 is 14.7 Å². The lowest BCUT2D eigenvalue weighted by Crippen LogP contribution is -2.51. The van der Waals surface area contributed by atoms with Gasteiger partial charge in [0.2, 0.25) is 0 Å². The number of benzene rings is 2. The summed E-state index contributed by atoms with van der Waals surface area (Å²) >= 11 is 0. The highest BCUT2D eigenvalue weighted by Crippen LogP contribution is 2.22. The van der Waals surface area contributed by atoms with Crippen LogP contribution in [0.1, 0.15) is 21.5 Å². The van der Waals surface area contributed by atoms with Crippen molar-refractivity contribution in [3.05, 3.63) is 65.2 Å². The molecule has 0 aliphatic carbocycles. The minimum Gasteiger partial charge on any atom is -0.490 e. The Morgan fingerprint density at radius 3 is 2.26 bits per heavy atom. The van der Waals surface area contributed by atoms with Crippen LogP contribution >= 0.6 is 0 Å². The number of rotatable bonds is 6. The largest absolute Gasteiger partial charge is 0.490 e. The summed E-state index contributed by atoms with van der Waals surface area (Å²) in [6, 6.07) is 15.4. The predicted molar refractivity (Wildman–Crippen MR) is 106 cm³/mol. The molecule has 0 saturated carbocycles. The number of aryl methyl sites for hydroxylation is 2. The summed E-state index contributed by atoms with van der Waals surface area (Å²) in [5.41, 5.74) is 2.89. The summed E-state index contributed by atoms with van der Waals surface area (Å²) in [5, 5.41) is 10.4. The van der Waals surface area contributed by atoms with E-state index < -0.39 is 6.10 Å². The zero-order valence-corrected chi connectivity index (χ0v) is 16.1. The molecule has 27 heavy (non-hydrogen) atoms. The molecule has 2 aromatic carbocycles. The molecule has 3 rings (SSSR count). The first-order chi connectivity index (χ1) is 13.0. The first-order valence-electron chi connectivity index (χ1n) is 9.48. The van der Waals surface area contributed by atoms with Crippen molar-refractivity contribution in [1.29, 1.82) is 0 Å². The lowest BCUT2D eigenvalue weighted by atomic mass is 10.1. The molecule has 5 nitrogen and oxygen atoms in total. The minimum absolute atomic E-state index is 0.0779. The maximum absolute atomic E-state index is 12.5. The number of para-hydroxylation sites is 1. The van der Waals surface area contributed by atoms with E-state index in [1.54, 1.807) is 0 Å². The summed E-state index contributed by atoms with van der Waals surface area (Å²) in [7, 11) is 0. The predicted octanol–water partition coefficient (Wildman–Crippen LogP) is 2.50. The van der Waals surface area contributed by atoms with E-state index in [9.17, 15) is 9.90 Å². The molecule has 5 heteroatoms. The van der Waals surface area contributed by atoms with Gasteiger partial charge in [0.25, 0.3) is 5.91 Å². The van der Waals surface area contributed by atoms with Crippen molar-refractivity contribution >= 4 is 5.91 Å². The highest BCUT2D eigenvalue weighted by atomic mass is 16.5. The second-order valence-corrected chi connectivity index (χ2v) is 7.14. The Bertz CT molecular complexity index is 735. The molecule has 1 aliphatic rings. The molecule has 1 aliphatic heterocycles. The Hall–Kier alpha value is -2.37. The van der Waals surface area contributed by atoms with Gasteiger partial charge in [-0.05, 0) is 37.1 Å². The van der Waals surface area contributed by atoms with Crippen molar-refractivity contribution in [2.45, 2.75) is 20.0 Å². The van der Waals surface area contributed by atoms with Gasteiger partial charge in [-0.1, -0.05) is 36.4 Å². The Balaban J connectivity index is 1.44. The number of nitrogens with zero attached hydrogens (tertiary/aromatic N) is 2. The number of hydrogen-bond donors (Lipinski definition) is 1. The Morgan fingerprint density at radius 2 is 1.63 bits per heavy atom. The van der Waals surface area contributed by atoms with Crippen LogP contribution in [0.5, 0.6) is 5.75 Å². The number of amides is 1. The zero-order valence-electron chi connectivity index (χ0n) is 16.1. The molecule has 0 radical (unpaired) electrons. The average Bonchev–Trinajstić information content (AvgIpc) is 2.68. The quantitative estimate of drug-likeness (QED) is 0.851. The zero-order chi connectivity index (χ0) is 19.2. The molecule has 1 saturated heterocycles. The summed E-state index contributed by atoms with van der Waals surface area (Å²) < 4.78 is 5.85. The molecular weight excluding hydrogens is 340 g/mol. The van der Waals surface area contributed by atoms with Crippen molar-refractivity contribution in [1.82, 2.24) is 9.80 Å². The maximum atomic E-state index is 12.5. The fourth-order valence-corrected chi connectivity index (χ4v) is 3.45. The SMILES string of the molecule is Cc1cccc(C)c1OC[C@@H](O)CN1CCN(C(=O)c2ccccc2)CC1. The smallest absolute Gasteiger partial charge is 0.253 e. The van der Waals surface area contributed by atoms with Gasteiger partial charge >= 0.3 is 0 Å². The normalized spacial score (nSPS) is 16.2. The molecule has 2 aromatic rings. The first-order valence-corrected chi connectivity index (χ1v) is 9.48. The molecule has 0 unspecified atom stereocenters. The van der Waals surface area contributed by atoms with Crippen LogP contribution in [-0.4, -0.2) is 66.2 Å². The van der Waals surface area contributed by atoms with Gasteiger partial charge in [0.05, 0.1) is 0 Å². The van der Waals surface area contributed by atoms with Crippen molar-refractivity contribution < 1.29 is 14.6 Å². The summed E-state index contributed by atoms with van der Waals surface area (Å²) in [5.74, 6) is 0.934. The van der Waals surface area contributed by atoms with E-state index in [0.717, 1.165) is 35.5 Å². The fraction of sp³-hybridized carbons (Fsp3) is 0.409. The van der Waals surface area contributed by atoms with E-state index in [0.29, 0.717) is 19.6 Å². The Kier molecular flexibility index (Phi) is 6.48. The number of aliphatic hydroxyl groups is 1. The van der Waals surface area contributed by atoms with Crippen LogP contribution in [0.15, 0.2) is 48.5 Å². The van der Waals surface area contributed by atoms with E-state index >= 15 is 0 Å². The number of ether oxygens (including phenoxy) is 1. The van der Waals surface area contributed by atoms with Gasteiger partial charge in [0.15, 0.2) is 0 Å². The van der Waals surface area contributed by atoms with Crippen LogP contribution in [0.4, 0.5) is 0 Å². The van der Waals surface area contributed by atoms with Gasteiger partial charge in [-0.3, -0.25) is 9.69 Å². The summed E-state index contributed by atoms with van der Waals surface area (Å²) in [6.07, 6.45) is -0.555. The minimum atomic E-state index is -0.555. The molecule has 0 aromatic heterocycles. The second kappa shape index (κ2) is 9.02. The second-order valence-electron chi connectivity index (χ2n) is 7.14. The molecule has 1 atom stereocenters. The molecule has 1 amide bonds. The third-order valence-electron chi connectivity index (χ3n) is 4.98. The van der Waals surface area contributed by atoms with E-state index in [1.807, 2.05) is 67.3 Å². The third kappa shape index (κ3) is 5.08. The summed E-state index contributed by atoms with van der Waals surface area (Å²) in [4.78, 5) is 16.6. The van der Waals surface area contributed by atoms with Crippen LogP contribution in [0.25, 0.3) is 0 Å². The van der Waals surface area contributed by atoms with Gasteiger partial charge in [-0.25, -0.2) is 0 Å². The van der Waals surface area contributed by atoms with Crippen molar-refractivity contribution in [2.24, 2.45) is 0 Å². The number of carbonyl (C=O) groups is 1. The summed E-state index contributed by atoms with van der Waals surface area (Å²) in [6.45, 7) is 7.73. The number of piperazine rings is 1. The molecule has 144 valence electrons. The number of carbonyl (C=O) groups excluding carboxylic acids is 1.